The van der Waals surface area contributed by atoms with E-state index in [0.29, 0.717) is 6.42 Å². The average molecular weight is 216 g/mol. The molecule has 0 saturated heterocycles. The Morgan fingerprint density at radius 2 is 2.00 bits per heavy atom. The van der Waals surface area contributed by atoms with E-state index < -0.39 is 17.3 Å². The van der Waals surface area contributed by atoms with Crippen LogP contribution in [-0.2, 0) is 9.59 Å². The number of nitrogens with one attached hydrogen (secondary N) is 1. The molecule has 0 aliphatic heterocycles. The summed E-state index contributed by atoms with van der Waals surface area (Å²) in [6, 6.07) is 0. The molecule has 0 radical (unpaired) electrons. The summed E-state index contributed by atoms with van der Waals surface area (Å²) in [5.41, 5.74) is 4.79. The standard InChI is InChI=1S/C10H20N2O3/c1-4-7(8(13)14)5-12-9(15)10(2,3)6-11/h7H,4-6,11H2,1-3H3,(H,12,15)(H,13,14). The highest BCUT2D eigenvalue weighted by atomic mass is 16.4. The first-order chi connectivity index (χ1) is 6.85. The van der Waals surface area contributed by atoms with Gasteiger partial charge in [-0.2, -0.15) is 0 Å². The molecule has 0 spiro atoms. The summed E-state index contributed by atoms with van der Waals surface area (Å²) >= 11 is 0. The number of hydrogen-bond donors (Lipinski definition) is 3. The highest BCUT2D eigenvalue weighted by molar-refractivity contribution is 5.82. The topological polar surface area (TPSA) is 92.4 Å². The second kappa shape index (κ2) is 5.70. The maximum absolute atomic E-state index is 11.6. The van der Waals surface area contributed by atoms with Gasteiger partial charge >= 0.3 is 5.97 Å². The summed E-state index contributed by atoms with van der Waals surface area (Å²) in [6.07, 6.45) is 0.499. The van der Waals surface area contributed by atoms with Gasteiger partial charge in [0.1, 0.15) is 0 Å². The molecule has 0 aromatic rings. The molecule has 88 valence electrons. The van der Waals surface area contributed by atoms with Crippen LogP contribution in [0.3, 0.4) is 0 Å². The zero-order chi connectivity index (χ0) is 12.1. The van der Waals surface area contributed by atoms with E-state index in [1.165, 1.54) is 0 Å². The summed E-state index contributed by atoms with van der Waals surface area (Å²) < 4.78 is 0. The van der Waals surface area contributed by atoms with Crippen molar-refractivity contribution in [1.29, 1.82) is 0 Å². The molecule has 0 bridgehead atoms. The van der Waals surface area contributed by atoms with Crippen LogP contribution in [0.5, 0.6) is 0 Å². The Morgan fingerprint density at radius 1 is 1.47 bits per heavy atom. The number of nitrogens with two attached hydrogens (primary N) is 1. The molecule has 0 rings (SSSR count). The van der Waals surface area contributed by atoms with Crippen molar-refractivity contribution in [2.75, 3.05) is 13.1 Å². The Balaban J connectivity index is 4.16. The van der Waals surface area contributed by atoms with Crippen molar-refractivity contribution in [3.8, 4) is 0 Å². The van der Waals surface area contributed by atoms with Crippen molar-refractivity contribution < 1.29 is 14.7 Å². The van der Waals surface area contributed by atoms with Crippen molar-refractivity contribution >= 4 is 11.9 Å². The number of carbonyl (C=O) groups excluding carboxylic acids is 1. The van der Waals surface area contributed by atoms with Crippen LogP contribution in [0, 0.1) is 11.3 Å². The smallest absolute Gasteiger partial charge is 0.308 e. The van der Waals surface area contributed by atoms with Gasteiger partial charge in [0.05, 0.1) is 11.3 Å². The number of carboxylic acids is 1. The largest absolute Gasteiger partial charge is 0.481 e. The van der Waals surface area contributed by atoms with Crippen molar-refractivity contribution in [1.82, 2.24) is 5.32 Å². The van der Waals surface area contributed by atoms with Crippen LogP contribution >= 0.6 is 0 Å². The van der Waals surface area contributed by atoms with Crippen LogP contribution in [0.4, 0.5) is 0 Å². The number of amides is 1. The van der Waals surface area contributed by atoms with E-state index in [-0.39, 0.29) is 19.0 Å². The average Bonchev–Trinajstić information content (AvgIpc) is 2.17. The van der Waals surface area contributed by atoms with Gasteiger partial charge in [0.2, 0.25) is 5.91 Å². The zero-order valence-electron chi connectivity index (χ0n) is 9.54. The fourth-order valence-electron chi connectivity index (χ4n) is 0.954. The third kappa shape index (κ3) is 4.29. The summed E-state index contributed by atoms with van der Waals surface area (Å²) in [4.78, 5) is 22.2. The first-order valence-electron chi connectivity index (χ1n) is 5.06. The minimum absolute atomic E-state index is 0.161. The lowest BCUT2D eigenvalue weighted by Crippen LogP contribution is -2.44. The summed E-state index contributed by atoms with van der Waals surface area (Å²) in [5, 5.41) is 11.4. The fraction of sp³-hybridized carbons (Fsp3) is 0.800. The molecule has 0 aromatic carbocycles. The van der Waals surface area contributed by atoms with E-state index in [0.717, 1.165) is 0 Å². The molecule has 0 aliphatic carbocycles. The predicted octanol–water partition coefficient (Wildman–Crippen LogP) is 0.198. The van der Waals surface area contributed by atoms with Gasteiger partial charge in [-0.1, -0.05) is 6.92 Å². The second-order valence-electron chi connectivity index (χ2n) is 4.24. The van der Waals surface area contributed by atoms with Crippen LogP contribution in [-0.4, -0.2) is 30.1 Å². The number of rotatable bonds is 6. The monoisotopic (exact) mass is 216 g/mol. The SMILES string of the molecule is CCC(CNC(=O)C(C)(C)CN)C(=O)O. The molecule has 0 fully saturated rings. The molecule has 0 saturated carbocycles. The van der Waals surface area contributed by atoms with E-state index in [1.54, 1.807) is 20.8 Å². The number of aliphatic carboxylic acids is 1. The Kier molecular flexibility index (Phi) is 5.28. The molecule has 0 aromatic heterocycles. The van der Waals surface area contributed by atoms with Crippen LogP contribution in [0.25, 0.3) is 0 Å². The molecular formula is C10H20N2O3. The van der Waals surface area contributed by atoms with E-state index in [9.17, 15) is 9.59 Å². The van der Waals surface area contributed by atoms with Gasteiger partial charge in [0.15, 0.2) is 0 Å². The highest BCUT2D eigenvalue weighted by Gasteiger charge is 2.26. The van der Waals surface area contributed by atoms with Gasteiger partial charge in [-0.05, 0) is 20.3 Å². The molecule has 0 heterocycles. The van der Waals surface area contributed by atoms with Gasteiger partial charge < -0.3 is 16.2 Å². The lowest BCUT2D eigenvalue weighted by atomic mass is 9.92. The van der Waals surface area contributed by atoms with E-state index in [1.807, 2.05) is 0 Å². The van der Waals surface area contributed by atoms with Gasteiger partial charge in [0.25, 0.3) is 0 Å². The molecule has 4 N–H and O–H groups in total. The fourth-order valence-corrected chi connectivity index (χ4v) is 0.954. The predicted molar refractivity (Wildman–Crippen MR) is 57.3 cm³/mol. The van der Waals surface area contributed by atoms with Crippen LogP contribution in [0.2, 0.25) is 0 Å². The molecular weight excluding hydrogens is 196 g/mol. The molecule has 0 aliphatic rings. The number of carbonyl (C=O) groups is 2. The maximum atomic E-state index is 11.6. The Labute approximate surface area is 90.0 Å². The molecule has 5 heteroatoms. The quantitative estimate of drug-likeness (QED) is 0.591. The third-order valence-corrected chi connectivity index (χ3v) is 2.48. The lowest BCUT2D eigenvalue weighted by molar-refractivity contribution is -0.142. The van der Waals surface area contributed by atoms with Crippen molar-refractivity contribution in [2.24, 2.45) is 17.1 Å². The van der Waals surface area contributed by atoms with Crippen LogP contribution in [0.15, 0.2) is 0 Å². The summed E-state index contributed by atoms with van der Waals surface area (Å²) in [5.74, 6) is -1.62. The zero-order valence-corrected chi connectivity index (χ0v) is 9.54. The summed E-state index contributed by atoms with van der Waals surface area (Å²) in [6.45, 7) is 5.63. The molecule has 15 heavy (non-hydrogen) atoms. The van der Waals surface area contributed by atoms with Crippen molar-refractivity contribution in [3.63, 3.8) is 0 Å². The van der Waals surface area contributed by atoms with Crippen molar-refractivity contribution in [3.05, 3.63) is 0 Å². The Bertz CT molecular complexity index is 239. The maximum Gasteiger partial charge on any atom is 0.308 e. The second-order valence-corrected chi connectivity index (χ2v) is 4.24. The normalized spacial score (nSPS) is 13.3. The number of hydrogen-bond acceptors (Lipinski definition) is 3. The Morgan fingerprint density at radius 3 is 2.33 bits per heavy atom. The van der Waals surface area contributed by atoms with Gasteiger partial charge in [0, 0.05) is 13.1 Å². The van der Waals surface area contributed by atoms with E-state index in [4.69, 9.17) is 10.8 Å². The number of carboxylic acid groups (broad SMARTS) is 1. The minimum Gasteiger partial charge on any atom is -0.481 e. The molecule has 5 nitrogen and oxygen atoms in total. The highest BCUT2D eigenvalue weighted by Crippen LogP contribution is 2.12. The van der Waals surface area contributed by atoms with Gasteiger partial charge in [-0.15, -0.1) is 0 Å². The molecule has 1 unspecified atom stereocenters. The van der Waals surface area contributed by atoms with E-state index >= 15 is 0 Å². The molecule has 1 amide bonds. The lowest BCUT2D eigenvalue weighted by Gasteiger charge is -2.22. The first-order valence-corrected chi connectivity index (χ1v) is 5.06. The van der Waals surface area contributed by atoms with Crippen LogP contribution < -0.4 is 11.1 Å². The van der Waals surface area contributed by atoms with Gasteiger partial charge in [-0.25, -0.2) is 0 Å². The molecule has 1 atom stereocenters. The van der Waals surface area contributed by atoms with Crippen molar-refractivity contribution in [2.45, 2.75) is 27.2 Å². The Hall–Kier alpha value is -1.10. The van der Waals surface area contributed by atoms with Crippen LogP contribution in [0.1, 0.15) is 27.2 Å². The summed E-state index contributed by atoms with van der Waals surface area (Å²) in [7, 11) is 0. The minimum atomic E-state index is -0.886. The van der Waals surface area contributed by atoms with E-state index in [2.05, 4.69) is 5.32 Å². The third-order valence-electron chi connectivity index (χ3n) is 2.48. The van der Waals surface area contributed by atoms with Gasteiger partial charge in [-0.3, -0.25) is 9.59 Å². The first kappa shape index (κ1) is 13.9.